The van der Waals surface area contributed by atoms with Gasteiger partial charge >= 0.3 is 0 Å². The standard InChI is InChI=1S/C14H15NO3S/c1-2-6-14(16)15-12-8-5-10-19(17,18)13-9-4-3-7-11(12)13/h3-4,7,9,12H,5,8,10H2,1H3,(H,15,16). The summed E-state index contributed by atoms with van der Waals surface area (Å²) in [5, 5.41) is 2.78. The average Bonchev–Trinajstić information content (AvgIpc) is 2.49. The summed E-state index contributed by atoms with van der Waals surface area (Å²) in [7, 11) is -3.25. The van der Waals surface area contributed by atoms with E-state index in [1.165, 1.54) is 0 Å². The van der Waals surface area contributed by atoms with E-state index in [0.29, 0.717) is 23.3 Å². The summed E-state index contributed by atoms with van der Waals surface area (Å²) in [5.74, 6) is 4.70. The molecule has 0 spiro atoms. The molecule has 4 nitrogen and oxygen atoms in total. The zero-order chi connectivity index (χ0) is 13.9. The molecule has 5 heteroatoms. The zero-order valence-corrected chi connectivity index (χ0v) is 11.5. The Morgan fingerprint density at radius 2 is 2.11 bits per heavy atom. The summed E-state index contributed by atoms with van der Waals surface area (Å²) in [5.41, 5.74) is 0.659. The van der Waals surface area contributed by atoms with Crippen LogP contribution in [0.1, 0.15) is 31.4 Å². The van der Waals surface area contributed by atoms with Crippen molar-refractivity contribution in [3.05, 3.63) is 29.8 Å². The summed E-state index contributed by atoms with van der Waals surface area (Å²) in [6, 6.07) is 6.54. The molecule has 0 saturated heterocycles. The Hall–Kier alpha value is -1.80. The molecule has 1 amide bonds. The van der Waals surface area contributed by atoms with Crippen LogP contribution in [-0.2, 0) is 14.6 Å². The van der Waals surface area contributed by atoms with E-state index in [0.717, 1.165) is 0 Å². The Morgan fingerprint density at radius 3 is 2.84 bits per heavy atom. The Balaban J connectivity index is 2.41. The van der Waals surface area contributed by atoms with Gasteiger partial charge in [-0.1, -0.05) is 24.1 Å². The van der Waals surface area contributed by atoms with Gasteiger partial charge in [-0.25, -0.2) is 8.42 Å². The van der Waals surface area contributed by atoms with Crippen LogP contribution >= 0.6 is 0 Å². The fraction of sp³-hybridized carbons (Fsp3) is 0.357. The number of benzene rings is 1. The molecular weight excluding hydrogens is 262 g/mol. The maximum atomic E-state index is 12.1. The first kappa shape index (κ1) is 13.6. The van der Waals surface area contributed by atoms with Crippen molar-refractivity contribution >= 4 is 15.7 Å². The fourth-order valence-corrected chi connectivity index (χ4v) is 3.87. The van der Waals surface area contributed by atoms with Crippen molar-refractivity contribution in [2.75, 3.05) is 5.75 Å². The van der Waals surface area contributed by atoms with Crippen molar-refractivity contribution in [3.63, 3.8) is 0 Å². The highest BCUT2D eigenvalue weighted by Gasteiger charge is 2.27. The van der Waals surface area contributed by atoms with Gasteiger partial charge in [-0.2, -0.15) is 0 Å². The average molecular weight is 277 g/mol. The summed E-state index contributed by atoms with van der Waals surface area (Å²) in [6.45, 7) is 1.59. The molecular formula is C14H15NO3S. The molecule has 1 aliphatic heterocycles. The van der Waals surface area contributed by atoms with Gasteiger partial charge in [0.05, 0.1) is 16.7 Å². The normalized spacial score (nSPS) is 20.4. The highest BCUT2D eigenvalue weighted by molar-refractivity contribution is 7.91. The smallest absolute Gasteiger partial charge is 0.296 e. The van der Waals surface area contributed by atoms with Crippen LogP contribution in [0.2, 0.25) is 0 Å². The lowest BCUT2D eigenvalue weighted by molar-refractivity contribution is -0.116. The van der Waals surface area contributed by atoms with E-state index in [-0.39, 0.29) is 17.7 Å². The number of nitrogens with one attached hydrogen (secondary N) is 1. The number of sulfone groups is 1. The number of hydrogen-bond donors (Lipinski definition) is 1. The monoisotopic (exact) mass is 277 g/mol. The van der Waals surface area contributed by atoms with Gasteiger partial charge in [-0.3, -0.25) is 4.79 Å². The van der Waals surface area contributed by atoms with Gasteiger partial charge in [-0.15, -0.1) is 0 Å². The largest absolute Gasteiger partial charge is 0.338 e. The molecule has 0 radical (unpaired) electrons. The van der Waals surface area contributed by atoms with Gasteiger partial charge in [0, 0.05) is 0 Å². The number of rotatable bonds is 1. The van der Waals surface area contributed by atoms with Crippen LogP contribution in [0.3, 0.4) is 0 Å². The number of amides is 1. The molecule has 100 valence electrons. The summed E-state index contributed by atoms with van der Waals surface area (Å²) in [6.07, 6.45) is 1.13. The van der Waals surface area contributed by atoms with E-state index >= 15 is 0 Å². The Morgan fingerprint density at radius 1 is 1.37 bits per heavy atom. The van der Waals surface area contributed by atoms with Crippen LogP contribution in [0.5, 0.6) is 0 Å². The quantitative estimate of drug-likeness (QED) is 0.790. The first-order valence-electron chi connectivity index (χ1n) is 6.09. The van der Waals surface area contributed by atoms with E-state index in [1.807, 2.05) is 0 Å². The third kappa shape index (κ3) is 2.96. The van der Waals surface area contributed by atoms with Crippen LogP contribution in [0.15, 0.2) is 29.2 Å². The molecule has 1 aromatic carbocycles. The minimum Gasteiger partial charge on any atom is -0.338 e. The number of fused-ring (bicyclic) bond motifs is 1. The minimum absolute atomic E-state index is 0.121. The Labute approximate surface area is 113 Å². The molecule has 1 N–H and O–H groups in total. The summed E-state index contributed by atoms with van der Waals surface area (Å²) < 4.78 is 24.2. The van der Waals surface area contributed by atoms with Crippen LogP contribution in [0.25, 0.3) is 0 Å². The van der Waals surface area contributed by atoms with Crippen molar-refractivity contribution in [3.8, 4) is 11.8 Å². The molecule has 0 saturated carbocycles. The molecule has 1 unspecified atom stereocenters. The zero-order valence-electron chi connectivity index (χ0n) is 10.6. The van der Waals surface area contributed by atoms with E-state index in [4.69, 9.17) is 0 Å². The van der Waals surface area contributed by atoms with Crippen molar-refractivity contribution in [2.45, 2.75) is 30.7 Å². The summed E-state index contributed by atoms with van der Waals surface area (Å²) >= 11 is 0. The third-order valence-electron chi connectivity index (χ3n) is 3.08. The van der Waals surface area contributed by atoms with Crippen molar-refractivity contribution in [1.29, 1.82) is 0 Å². The van der Waals surface area contributed by atoms with Gasteiger partial charge in [-0.05, 0) is 37.3 Å². The van der Waals surface area contributed by atoms with Gasteiger partial charge in [0.2, 0.25) is 0 Å². The molecule has 1 aromatic rings. The molecule has 0 fully saturated rings. The Kier molecular flexibility index (Phi) is 3.91. The lowest BCUT2D eigenvalue weighted by atomic mass is 10.0. The molecule has 0 aromatic heterocycles. The predicted molar refractivity (Wildman–Crippen MR) is 72.1 cm³/mol. The van der Waals surface area contributed by atoms with Gasteiger partial charge < -0.3 is 5.32 Å². The van der Waals surface area contributed by atoms with E-state index < -0.39 is 9.84 Å². The van der Waals surface area contributed by atoms with Gasteiger partial charge in [0.1, 0.15) is 0 Å². The van der Waals surface area contributed by atoms with Crippen LogP contribution in [0.4, 0.5) is 0 Å². The molecule has 19 heavy (non-hydrogen) atoms. The third-order valence-corrected chi connectivity index (χ3v) is 4.95. The van der Waals surface area contributed by atoms with Crippen molar-refractivity contribution in [1.82, 2.24) is 5.32 Å². The number of carbonyl (C=O) groups excluding carboxylic acids is 1. The molecule has 2 rings (SSSR count). The van der Waals surface area contributed by atoms with Crippen molar-refractivity contribution in [2.24, 2.45) is 0 Å². The highest BCUT2D eigenvalue weighted by Crippen LogP contribution is 2.30. The van der Waals surface area contributed by atoms with Gasteiger partial charge in [0.25, 0.3) is 5.91 Å². The van der Waals surface area contributed by atoms with Crippen LogP contribution < -0.4 is 5.32 Å². The lowest BCUT2D eigenvalue weighted by Gasteiger charge is -2.17. The van der Waals surface area contributed by atoms with Crippen LogP contribution in [-0.4, -0.2) is 20.1 Å². The predicted octanol–water partition coefficient (Wildman–Crippen LogP) is 1.43. The number of carbonyl (C=O) groups is 1. The Bertz CT molecular complexity index is 653. The van der Waals surface area contributed by atoms with Crippen LogP contribution in [0, 0.1) is 11.8 Å². The summed E-state index contributed by atoms with van der Waals surface area (Å²) in [4.78, 5) is 11.9. The van der Waals surface area contributed by atoms with E-state index in [1.54, 1.807) is 31.2 Å². The molecule has 1 heterocycles. The molecule has 1 aliphatic rings. The molecule has 0 aliphatic carbocycles. The van der Waals surface area contributed by atoms with E-state index in [2.05, 4.69) is 17.2 Å². The first-order valence-corrected chi connectivity index (χ1v) is 7.75. The SMILES string of the molecule is CC#CC(=O)NC1CCCS(=O)(=O)c2ccccc21. The van der Waals surface area contributed by atoms with Gasteiger partial charge in [0.15, 0.2) is 9.84 Å². The lowest BCUT2D eigenvalue weighted by Crippen LogP contribution is -2.27. The fourth-order valence-electron chi connectivity index (χ4n) is 2.25. The van der Waals surface area contributed by atoms with Crippen molar-refractivity contribution < 1.29 is 13.2 Å². The highest BCUT2D eigenvalue weighted by atomic mass is 32.2. The second-order valence-corrected chi connectivity index (χ2v) is 6.48. The second-order valence-electron chi connectivity index (χ2n) is 4.40. The minimum atomic E-state index is -3.25. The topological polar surface area (TPSA) is 63.2 Å². The maximum Gasteiger partial charge on any atom is 0.296 e. The van der Waals surface area contributed by atoms with E-state index in [9.17, 15) is 13.2 Å². The number of hydrogen-bond acceptors (Lipinski definition) is 3. The first-order chi connectivity index (χ1) is 9.04. The molecule has 1 atom stereocenters. The maximum absolute atomic E-state index is 12.1. The molecule has 0 bridgehead atoms. The second kappa shape index (κ2) is 5.45.